The Morgan fingerprint density at radius 2 is 1.42 bits per heavy atom. The molecule has 0 saturated carbocycles. The lowest BCUT2D eigenvalue weighted by atomic mass is 9.86. The van der Waals surface area contributed by atoms with Crippen molar-refractivity contribution in [3.05, 3.63) is 0 Å². The van der Waals surface area contributed by atoms with Crippen molar-refractivity contribution in [3.8, 4) is 0 Å². The molecule has 70 valence electrons. The molecule has 1 heterocycles. The van der Waals surface area contributed by atoms with Crippen LogP contribution in [-0.2, 0) is 9.31 Å². The Morgan fingerprint density at radius 3 is 1.58 bits per heavy atom. The molecule has 0 aromatic carbocycles. The van der Waals surface area contributed by atoms with Gasteiger partial charge in [-0.3, -0.25) is 0 Å². The quantitative estimate of drug-likeness (QED) is 0.513. The predicted octanol–water partition coefficient (Wildman–Crippen LogP) is 2.40. The molecule has 12 heavy (non-hydrogen) atoms. The van der Waals surface area contributed by atoms with Gasteiger partial charge in [-0.15, -0.1) is 0 Å². The van der Waals surface area contributed by atoms with Crippen molar-refractivity contribution >= 4 is 23.0 Å². The summed E-state index contributed by atoms with van der Waals surface area (Å²) in [7, 11) is -0.130. The normalized spacial score (nSPS) is 29.0. The van der Waals surface area contributed by atoms with E-state index in [0.717, 1.165) is 0 Å². The SMILES string of the molecule is C[C@@H](Br)B1OC(C)(C)C(C)(C)O1. The molecule has 0 unspecified atom stereocenters. The lowest BCUT2D eigenvalue weighted by Gasteiger charge is -2.32. The van der Waals surface area contributed by atoms with Crippen LogP contribution in [0.1, 0.15) is 34.6 Å². The molecule has 1 atom stereocenters. The predicted molar refractivity (Wildman–Crippen MR) is 54.5 cm³/mol. The highest BCUT2D eigenvalue weighted by molar-refractivity contribution is 9.10. The summed E-state index contributed by atoms with van der Waals surface area (Å²) in [5.41, 5.74) is -0.417. The first-order valence-corrected chi connectivity index (χ1v) is 5.17. The first-order valence-electron chi connectivity index (χ1n) is 4.26. The van der Waals surface area contributed by atoms with Gasteiger partial charge in [-0.2, -0.15) is 0 Å². The van der Waals surface area contributed by atoms with Crippen LogP contribution in [0.4, 0.5) is 0 Å². The summed E-state index contributed by atoms with van der Waals surface area (Å²) in [6, 6.07) is 0. The van der Waals surface area contributed by atoms with Gasteiger partial charge in [-0.25, -0.2) is 0 Å². The fourth-order valence-corrected chi connectivity index (χ4v) is 1.29. The molecule has 0 bridgehead atoms. The smallest absolute Gasteiger partial charge is 0.403 e. The zero-order valence-electron chi connectivity index (χ0n) is 8.35. The molecule has 0 radical (unpaired) electrons. The second-order valence-corrected chi connectivity index (χ2v) is 5.75. The van der Waals surface area contributed by atoms with Crippen molar-refractivity contribution in [2.75, 3.05) is 0 Å². The third-order valence-corrected chi connectivity index (χ3v) is 3.08. The second kappa shape index (κ2) is 3.00. The topological polar surface area (TPSA) is 18.5 Å². The van der Waals surface area contributed by atoms with Crippen molar-refractivity contribution in [3.63, 3.8) is 0 Å². The van der Waals surface area contributed by atoms with E-state index in [4.69, 9.17) is 9.31 Å². The third kappa shape index (κ3) is 1.70. The average molecular weight is 235 g/mol. The fraction of sp³-hybridized carbons (Fsp3) is 1.00. The first kappa shape index (κ1) is 10.5. The molecule has 0 aromatic rings. The minimum absolute atomic E-state index is 0.130. The van der Waals surface area contributed by atoms with E-state index in [1.807, 2.05) is 6.92 Å². The van der Waals surface area contributed by atoms with Gasteiger partial charge < -0.3 is 9.31 Å². The molecule has 1 saturated heterocycles. The van der Waals surface area contributed by atoms with Crippen LogP contribution in [0.2, 0.25) is 0 Å². The van der Waals surface area contributed by atoms with Gasteiger partial charge in [0.1, 0.15) is 0 Å². The lowest BCUT2D eigenvalue weighted by Crippen LogP contribution is -2.41. The Balaban J connectivity index is 2.74. The van der Waals surface area contributed by atoms with E-state index >= 15 is 0 Å². The minimum Gasteiger partial charge on any atom is -0.403 e. The molecular weight excluding hydrogens is 219 g/mol. The minimum atomic E-state index is -0.209. The van der Waals surface area contributed by atoms with Crippen molar-refractivity contribution < 1.29 is 9.31 Å². The Kier molecular flexibility index (Phi) is 2.63. The van der Waals surface area contributed by atoms with Gasteiger partial charge in [0.15, 0.2) is 0 Å². The summed E-state index contributed by atoms with van der Waals surface area (Å²) in [6.07, 6.45) is 0. The molecule has 0 spiro atoms. The highest BCUT2D eigenvalue weighted by Crippen LogP contribution is 2.38. The molecule has 1 aliphatic rings. The van der Waals surface area contributed by atoms with Crippen molar-refractivity contribution in [1.29, 1.82) is 0 Å². The molecule has 1 fully saturated rings. The van der Waals surface area contributed by atoms with Crippen LogP contribution in [0.25, 0.3) is 0 Å². The monoisotopic (exact) mass is 234 g/mol. The van der Waals surface area contributed by atoms with E-state index in [0.29, 0.717) is 0 Å². The Labute approximate surface area is 83.3 Å². The van der Waals surface area contributed by atoms with Crippen LogP contribution in [0.5, 0.6) is 0 Å². The zero-order chi connectivity index (χ0) is 9.57. The molecule has 4 heteroatoms. The van der Waals surface area contributed by atoms with Crippen LogP contribution in [0.15, 0.2) is 0 Å². The summed E-state index contributed by atoms with van der Waals surface area (Å²) in [5.74, 6) is 0. The molecule has 0 aromatic heterocycles. The number of hydrogen-bond acceptors (Lipinski definition) is 2. The van der Waals surface area contributed by atoms with E-state index in [-0.39, 0.29) is 23.0 Å². The van der Waals surface area contributed by atoms with Crippen LogP contribution < -0.4 is 0 Å². The lowest BCUT2D eigenvalue weighted by molar-refractivity contribution is 0.00578. The number of rotatable bonds is 1. The Bertz CT molecular complexity index is 164. The van der Waals surface area contributed by atoms with E-state index in [2.05, 4.69) is 43.6 Å². The summed E-state index contributed by atoms with van der Waals surface area (Å²) < 4.78 is 11.7. The van der Waals surface area contributed by atoms with Crippen molar-refractivity contribution in [2.24, 2.45) is 0 Å². The zero-order valence-corrected chi connectivity index (χ0v) is 9.94. The Hall–Kier alpha value is 0.465. The van der Waals surface area contributed by atoms with Crippen LogP contribution >= 0.6 is 15.9 Å². The van der Waals surface area contributed by atoms with Crippen molar-refractivity contribution in [1.82, 2.24) is 0 Å². The van der Waals surface area contributed by atoms with Crippen LogP contribution in [0.3, 0.4) is 0 Å². The summed E-state index contributed by atoms with van der Waals surface area (Å²) in [4.78, 5) is 0. The van der Waals surface area contributed by atoms with Crippen LogP contribution in [0, 0.1) is 0 Å². The van der Waals surface area contributed by atoms with Crippen LogP contribution in [-0.4, -0.2) is 23.0 Å². The third-order valence-electron chi connectivity index (χ3n) is 2.65. The second-order valence-electron chi connectivity index (χ2n) is 4.30. The van der Waals surface area contributed by atoms with E-state index in [1.165, 1.54) is 0 Å². The molecule has 0 amide bonds. The van der Waals surface area contributed by atoms with E-state index in [1.54, 1.807) is 0 Å². The maximum absolute atomic E-state index is 5.76. The standard InChI is InChI=1S/C8H16BBrO2/c1-6(10)9-11-7(2,3)8(4,5)12-9/h6H,1-5H3/t6-/m1/s1. The first-order chi connectivity index (χ1) is 5.26. The van der Waals surface area contributed by atoms with Gasteiger partial charge in [0.25, 0.3) is 0 Å². The highest BCUT2D eigenvalue weighted by atomic mass is 79.9. The maximum Gasteiger partial charge on any atom is 0.472 e. The number of halogens is 1. The summed E-state index contributed by atoms with van der Waals surface area (Å²) in [5, 5.41) is 0. The van der Waals surface area contributed by atoms with Gasteiger partial charge in [0.05, 0.1) is 11.2 Å². The van der Waals surface area contributed by atoms with Gasteiger partial charge in [-0.1, -0.05) is 22.9 Å². The Morgan fingerprint density at radius 1 is 1.08 bits per heavy atom. The number of hydrogen-bond donors (Lipinski definition) is 0. The largest absolute Gasteiger partial charge is 0.472 e. The van der Waals surface area contributed by atoms with Gasteiger partial charge in [0, 0.05) is 4.73 Å². The molecule has 1 aliphatic heterocycles. The molecule has 1 rings (SSSR count). The maximum atomic E-state index is 5.76. The molecule has 0 N–H and O–H groups in total. The van der Waals surface area contributed by atoms with Crippen molar-refractivity contribution in [2.45, 2.75) is 50.5 Å². The van der Waals surface area contributed by atoms with Gasteiger partial charge >= 0.3 is 7.12 Å². The molecule has 0 aliphatic carbocycles. The summed E-state index contributed by atoms with van der Waals surface area (Å²) in [6.45, 7) is 10.3. The highest BCUT2D eigenvalue weighted by Gasteiger charge is 2.52. The fourth-order valence-electron chi connectivity index (χ4n) is 1.08. The van der Waals surface area contributed by atoms with Gasteiger partial charge in [-0.05, 0) is 27.7 Å². The number of alkyl halides is 1. The van der Waals surface area contributed by atoms with E-state index < -0.39 is 0 Å². The summed E-state index contributed by atoms with van der Waals surface area (Å²) >= 11 is 3.45. The average Bonchev–Trinajstić information content (AvgIpc) is 2.03. The molecular formula is C8H16BBrO2. The van der Waals surface area contributed by atoms with E-state index in [9.17, 15) is 0 Å². The molecule has 2 nitrogen and oxygen atoms in total. The van der Waals surface area contributed by atoms with Gasteiger partial charge in [0.2, 0.25) is 0 Å².